The lowest BCUT2D eigenvalue weighted by molar-refractivity contribution is -0.105. The van der Waals surface area contributed by atoms with Gasteiger partial charge in [0.05, 0.1) is 16.8 Å². The van der Waals surface area contributed by atoms with Crippen LogP contribution < -0.4 is 10.6 Å². The second-order valence-corrected chi connectivity index (χ2v) is 6.58. The summed E-state index contributed by atoms with van der Waals surface area (Å²) in [6.07, 6.45) is 4.53. The van der Waals surface area contributed by atoms with E-state index < -0.39 is 0 Å². The molecule has 6 nitrogen and oxygen atoms in total. The maximum Gasteiger partial charge on any atom is 0.212 e. The van der Waals surface area contributed by atoms with Crippen molar-refractivity contribution in [1.82, 2.24) is 9.97 Å². The third-order valence-corrected chi connectivity index (χ3v) is 4.55. The van der Waals surface area contributed by atoms with Gasteiger partial charge in [-0.05, 0) is 43.9 Å². The second kappa shape index (κ2) is 8.27. The van der Waals surface area contributed by atoms with E-state index in [0.29, 0.717) is 29.3 Å². The molecule has 1 aliphatic heterocycles. The molecule has 0 saturated carbocycles. The molecule has 3 heterocycles. The minimum absolute atomic E-state index is 0.319. The molecule has 2 atom stereocenters. The van der Waals surface area contributed by atoms with Crippen LogP contribution in [0.2, 0.25) is 5.02 Å². The van der Waals surface area contributed by atoms with E-state index in [1.165, 1.54) is 6.20 Å². The molecule has 2 aromatic rings. The molecule has 0 bridgehead atoms. The summed E-state index contributed by atoms with van der Waals surface area (Å²) in [5, 5.41) is 6.42. The van der Waals surface area contributed by atoms with Gasteiger partial charge in [-0.2, -0.15) is 0 Å². The normalized spacial score (nSPS) is 20.1. The molecule has 2 N–H and O–H groups in total. The van der Waals surface area contributed by atoms with Gasteiger partial charge in [-0.25, -0.2) is 9.97 Å². The van der Waals surface area contributed by atoms with E-state index >= 15 is 0 Å². The zero-order chi connectivity index (χ0) is 17.6. The summed E-state index contributed by atoms with van der Waals surface area (Å²) in [4.78, 5) is 19.3. The molecule has 132 valence electrons. The maximum atomic E-state index is 10.6. The number of anilines is 2. The first-order valence-electron chi connectivity index (χ1n) is 8.34. The highest BCUT2D eigenvalue weighted by Crippen LogP contribution is 2.29. The standard InChI is InChI=1S/C18H21ClN4O2/c1-12-7-13(5-6-25-12)9-20-17-4-2-3-16(23-17)14-8-18(22-11-24)21-10-15(14)19/h2-4,8,10-13H,5-7,9H2,1H3,(H,20,23)(H,21,22,24). The topological polar surface area (TPSA) is 76.1 Å². The predicted octanol–water partition coefficient (Wildman–Crippen LogP) is 3.59. The van der Waals surface area contributed by atoms with Crippen LogP contribution in [0, 0.1) is 5.92 Å². The lowest BCUT2D eigenvalue weighted by Crippen LogP contribution is -2.27. The second-order valence-electron chi connectivity index (χ2n) is 6.17. The largest absolute Gasteiger partial charge is 0.378 e. The van der Waals surface area contributed by atoms with E-state index in [9.17, 15) is 4.79 Å². The van der Waals surface area contributed by atoms with Gasteiger partial charge in [-0.15, -0.1) is 0 Å². The maximum absolute atomic E-state index is 10.6. The molecule has 3 rings (SSSR count). The van der Waals surface area contributed by atoms with Crippen LogP contribution in [-0.4, -0.2) is 35.6 Å². The van der Waals surface area contributed by atoms with E-state index in [1.807, 2.05) is 18.2 Å². The van der Waals surface area contributed by atoms with Crippen LogP contribution in [0.5, 0.6) is 0 Å². The van der Waals surface area contributed by atoms with E-state index in [0.717, 1.165) is 43.1 Å². The minimum atomic E-state index is 0.319. The van der Waals surface area contributed by atoms with Crippen LogP contribution in [-0.2, 0) is 9.53 Å². The summed E-state index contributed by atoms with van der Waals surface area (Å²) in [5.41, 5.74) is 1.45. The van der Waals surface area contributed by atoms with Gasteiger partial charge in [0, 0.05) is 24.9 Å². The SMILES string of the molecule is CC1CC(CNc2cccc(-c3cc(NC=O)ncc3Cl)n2)CCO1. The van der Waals surface area contributed by atoms with Crippen LogP contribution >= 0.6 is 11.6 Å². The van der Waals surface area contributed by atoms with Gasteiger partial charge in [0.1, 0.15) is 11.6 Å². The zero-order valence-electron chi connectivity index (χ0n) is 14.0. The number of halogens is 1. The molecule has 1 amide bonds. The number of hydrogen-bond acceptors (Lipinski definition) is 5. The number of rotatable bonds is 6. The van der Waals surface area contributed by atoms with Gasteiger partial charge in [-0.3, -0.25) is 4.79 Å². The van der Waals surface area contributed by atoms with Crippen molar-refractivity contribution in [2.24, 2.45) is 5.92 Å². The first-order chi connectivity index (χ1) is 12.2. The number of carbonyl (C=O) groups excluding carboxylic acids is 1. The van der Waals surface area contributed by atoms with E-state index in [4.69, 9.17) is 16.3 Å². The van der Waals surface area contributed by atoms with Gasteiger partial charge in [0.25, 0.3) is 0 Å². The van der Waals surface area contributed by atoms with Crippen molar-refractivity contribution in [3.8, 4) is 11.3 Å². The molecular weight excluding hydrogens is 340 g/mol. The Bertz CT molecular complexity index is 741. The van der Waals surface area contributed by atoms with Crippen LogP contribution in [0.4, 0.5) is 11.6 Å². The fraction of sp³-hybridized carbons (Fsp3) is 0.389. The molecule has 1 fully saturated rings. The number of ether oxygens (including phenoxy) is 1. The predicted molar refractivity (Wildman–Crippen MR) is 98.8 cm³/mol. The van der Waals surface area contributed by atoms with Gasteiger partial charge in [0.15, 0.2) is 0 Å². The summed E-state index contributed by atoms with van der Waals surface area (Å²) in [6.45, 7) is 3.80. The average Bonchev–Trinajstić information content (AvgIpc) is 2.62. The number of amides is 1. The molecule has 1 aliphatic rings. The van der Waals surface area contributed by atoms with E-state index in [2.05, 4.69) is 27.5 Å². The van der Waals surface area contributed by atoms with Crippen molar-refractivity contribution in [3.05, 3.63) is 35.5 Å². The molecule has 0 spiro atoms. The first-order valence-corrected chi connectivity index (χ1v) is 8.72. The van der Waals surface area contributed by atoms with Crippen molar-refractivity contribution in [2.45, 2.75) is 25.9 Å². The summed E-state index contributed by atoms with van der Waals surface area (Å²) in [7, 11) is 0. The average molecular weight is 361 g/mol. The van der Waals surface area contributed by atoms with Crippen LogP contribution in [0.3, 0.4) is 0 Å². The van der Waals surface area contributed by atoms with Gasteiger partial charge >= 0.3 is 0 Å². The van der Waals surface area contributed by atoms with Gasteiger partial charge < -0.3 is 15.4 Å². The third kappa shape index (κ3) is 4.67. The number of carbonyl (C=O) groups is 1. The number of nitrogens with zero attached hydrogens (tertiary/aromatic N) is 2. The Morgan fingerprint density at radius 3 is 3.08 bits per heavy atom. The molecule has 2 unspecified atom stereocenters. The highest BCUT2D eigenvalue weighted by atomic mass is 35.5. The fourth-order valence-electron chi connectivity index (χ4n) is 2.98. The quantitative estimate of drug-likeness (QED) is 0.770. The molecule has 2 aromatic heterocycles. The van der Waals surface area contributed by atoms with Crippen LogP contribution in [0.1, 0.15) is 19.8 Å². The molecule has 25 heavy (non-hydrogen) atoms. The van der Waals surface area contributed by atoms with E-state index in [1.54, 1.807) is 6.07 Å². The minimum Gasteiger partial charge on any atom is -0.378 e. The Morgan fingerprint density at radius 1 is 1.40 bits per heavy atom. The summed E-state index contributed by atoms with van der Waals surface area (Å²) < 4.78 is 5.59. The number of nitrogens with one attached hydrogen (secondary N) is 2. The molecule has 1 saturated heterocycles. The fourth-order valence-corrected chi connectivity index (χ4v) is 3.18. The third-order valence-electron chi connectivity index (χ3n) is 4.25. The van der Waals surface area contributed by atoms with Crippen LogP contribution in [0.25, 0.3) is 11.3 Å². The highest BCUT2D eigenvalue weighted by molar-refractivity contribution is 6.33. The van der Waals surface area contributed by atoms with Crippen molar-refractivity contribution >= 4 is 29.6 Å². The Labute approximate surface area is 152 Å². The van der Waals surface area contributed by atoms with Crippen molar-refractivity contribution in [3.63, 3.8) is 0 Å². The van der Waals surface area contributed by atoms with Crippen molar-refractivity contribution in [2.75, 3.05) is 23.8 Å². The first kappa shape index (κ1) is 17.6. The highest BCUT2D eigenvalue weighted by Gasteiger charge is 2.19. The van der Waals surface area contributed by atoms with Gasteiger partial charge in [0.2, 0.25) is 6.41 Å². The van der Waals surface area contributed by atoms with Crippen molar-refractivity contribution < 1.29 is 9.53 Å². The molecule has 7 heteroatoms. The van der Waals surface area contributed by atoms with Gasteiger partial charge in [-0.1, -0.05) is 17.7 Å². The Morgan fingerprint density at radius 2 is 2.28 bits per heavy atom. The van der Waals surface area contributed by atoms with E-state index in [-0.39, 0.29) is 0 Å². The molecule has 0 aromatic carbocycles. The summed E-state index contributed by atoms with van der Waals surface area (Å²) >= 11 is 6.25. The molecule has 0 radical (unpaired) electrons. The Hall–Kier alpha value is -2.18. The smallest absolute Gasteiger partial charge is 0.212 e. The summed E-state index contributed by atoms with van der Waals surface area (Å²) in [5.74, 6) is 1.82. The summed E-state index contributed by atoms with van der Waals surface area (Å²) in [6, 6.07) is 7.46. The Kier molecular flexibility index (Phi) is 5.83. The zero-order valence-corrected chi connectivity index (χ0v) is 14.8. The molecular formula is C18H21ClN4O2. The Balaban J connectivity index is 1.73. The van der Waals surface area contributed by atoms with Crippen LogP contribution in [0.15, 0.2) is 30.5 Å². The molecule has 0 aliphatic carbocycles. The monoisotopic (exact) mass is 360 g/mol. The lowest BCUT2D eigenvalue weighted by atomic mass is 9.96. The number of aromatic nitrogens is 2. The lowest BCUT2D eigenvalue weighted by Gasteiger charge is -2.27. The van der Waals surface area contributed by atoms with Crippen molar-refractivity contribution in [1.29, 1.82) is 0 Å². The number of hydrogen-bond donors (Lipinski definition) is 2. The number of pyridine rings is 2.